The van der Waals surface area contributed by atoms with Gasteiger partial charge in [0.2, 0.25) is 0 Å². The van der Waals surface area contributed by atoms with Crippen molar-refractivity contribution in [3.05, 3.63) is 29.6 Å². The first-order valence-corrected chi connectivity index (χ1v) is 6.05. The molecule has 0 aliphatic carbocycles. The van der Waals surface area contributed by atoms with Gasteiger partial charge in [-0.05, 0) is 30.7 Å². The number of benzene rings is 1. The molecule has 0 saturated heterocycles. The molecule has 88 valence electrons. The van der Waals surface area contributed by atoms with E-state index in [0.29, 0.717) is 18.0 Å². The van der Waals surface area contributed by atoms with E-state index in [4.69, 9.17) is 10.5 Å². The van der Waals surface area contributed by atoms with Crippen LogP contribution in [0.2, 0.25) is 0 Å². The quantitative estimate of drug-likeness (QED) is 0.636. The zero-order valence-corrected chi connectivity index (χ0v) is 9.85. The third-order valence-electron chi connectivity index (χ3n) is 1.77. The van der Waals surface area contributed by atoms with Crippen LogP contribution in [0.3, 0.4) is 0 Å². The molecule has 3 nitrogen and oxygen atoms in total. The summed E-state index contributed by atoms with van der Waals surface area (Å²) in [5, 5.41) is 0. The summed E-state index contributed by atoms with van der Waals surface area (Å²) in [5.41, 5.74) is 6.66. The molecular formula is C11H14FNO2S. The van der Waals surface area contributed by atoms with E-state index in [2.05, 4.69) is 0 Å². The summed E-state index contributed by atoms with van der Waals surface area (Å²) in [6, 6.07) is 4.37. The Balaban J connectivity index is 2.40. The highest BCUT2D eigenvalue weighted by Gasteiger charge is 2.03. The Morgan fingerprint density at radius 3 is 2.88 bits per heavy atom. The minimum Gasteiger partial charge on any atom is -0.465 e. The van der Waals surface area contributed by atoms with E-state index in [0.717, 1.165) is 5.56 Å². The molecule has 0 spiro atoms. The van der Waals surface area contributed by atoms with Gasteiger partial charge in [-0.15, -0.1) is 11.8 Å². The first-order chi connectivity index (χ1) is 7.61. The fraction of sp³-hybridized carbons (Fsp3) is 0.364. The lowest BCUT2D eigenvalue weighted by atomic mass is 10.2. The van der Waals surface area contributed by atoms with Crippen LogP contribution in [0, 0.1) is 5.82 Å². The molecule has 0 bridgehead atoms. The van der Waals surface area contributed by atoms with Crippen LogP contribution in [0.15, 0.2) is 18.2 Å². The van der Waals surface area contributed by atoms with Crippen molar-refractivity contribution in [2.45, 2.75) is 12.7 Å². The summed E-state index contributed by atoms with van der Waals surface area (Å²) >= 11 is 1.38. The smallest absolute Gasteiger partial charge is 0.315 e. The summed E-state index contributed by atoms with van der Waals surface area (Å²) in [6.45, 7) is 2.14. The number of hydrogen-bond acceptors (Lipinski definition) is 4. The monoisotopic (exact) mass is 243 g/mol. The predicted molar refractivity (Wildman–Crippen MR) is 63.6 cm³/mol. The van der Waals surface area contributed by atoms with Crippen LogP contribution in [-0.2, 0) is 15.3 Å². The highest BCUT2D eigenvalue weighted by Crippen LogP contribution is 2.16. The molecular weight excluding hydrogens is 229 g/mol. The van der Waals surface area contributed by atoms with Crippen molar-refractivity contribution >= 4 is 23.4 Å². The normalized spacial score (nSPS) is 10.1. The first kappa shape index (κ1) is 12.8. The van der Waals surface area contributed by atoms with E-state index in [1.54, 1.807) is 13.0 Å². The van der Waals surface area contributed by atoms with Gasteiger partial charge in [-0.3, -0.25) is 4.79 Å². The van der Waals surface area contributed by atoms with E-state index >= 15 is 0 Å². The second kappa shape index (κ2) is 6.37. The molecule has 2 N–H and O–H groups in total. The standard InChI is InChI=1S/C11H14FNO2S/c1-2-15-11(14)7-16-6-8-3-9(12)5-10(13)4-8/h3-5H,2,6-7,13H2,1H3. The highest BCUT2D eigenvalue weighted by molar-refractivity contribution is 7.99. The van der Waals surface area contributed by atoms with Gasteiger partial charge in [-0.2, -0.15) is 0 Å². The molecule has 1 aromatic rings. The number of rotatable bonds is 5. The minimum atomic E-state index is -0.355. The second-order valence-corrected chi connectivity index (χ2v) is 4.18. The predicted octanol–water partition coefficient (Wildman–Crippen LogP) is 2.20. The van der Waals surface area contributed by atoms with Crippen molar-refractivity contribution in [3.63, 3.8) is 0 Å². The summed E-state index contributed by atoms with van der Waals surface area (Å²) in [5.74, 6) is 0.203. The van der Waals surface area contributed by atoms with E-state index in [1.165, 1.54) is 23.9 Å². The summed E-state index contributed by atoms with van der Waals surface area (Å²) in [6.07, 6.45) is 0. The lowest BCUT2D eigenvalue weighted by Gasteiger charge is -2.03. The summed E-state index contributed by atoms with van der Waals surface area (Å²) in [4.78, 5) is 11.0. The van der Waals surface area contributed by atoms with Crippen LogP contribution in [0.1, 0.15) is 12.5 Å². The molecule has 0 atom stereocenters. The lowest BCUT2D eigenvalue weighted by molar-refractivity contribution is -0.139. The van der Waals surface area contributed by atoms with Crippen LogP contribution in [-0.4, -0.2) is 18.3 Å². The Hall–Kier alpha value is -1.23. The Kier molecular flexibility index (Phi) is 5.11. The average molecular weight is 243 g/mol. The number of hydrogen-bond donors (Lipinski definition) is 1. The summed E-state index contributed by atoms with van der Waals surface area (Å²) in [7, 11) is 0. The highest BCUT2D eigenvalue weighted by atomic mass is 32.2. The number of carbonyl (C=O) groups is 1. The van der Waals surface area contributed by atoms with Crippen molar-refractivity contribution in [1.29, 1.82) is 0 Å². The topological polar surface area (TPSA) is 52.3 Å². The van der Waals surface area contributed by atoms with Crippen molar-refractivity contribution in [3.8, 4) is 0 Å². The Labute approximate surface area is 98.2 Å². The van der Waals surface area contributed by atoms with Gasteiger partial charge in [0.1, 0.15) is 5.82 Å². The lowest BCUT2D eigenvalue weighted by Crippen LogP contribution is -2.06. The molecule has 0 aliphatic heterocycles. The van der Waals surface area contributed by atoms with Crippen molar-refractivity contribution in [1.82, 2.24) is 0 Å². The van der Waals surface area contributed by atoms with Crippen molar-refractivity contribution in [2.24, 2.45) is 0 Å². The van der Waals surface area contributed by atoms with E-state index in [1.807, 2.05) is 0 Å². The van der Waals surface area contributed by atoms with Crippen molar-refractivity contribution in [2.75, 3.05) is 18.1 Å². The zero-order valence-electron chi connectivity index (χ0n) is 9.03. The van der Waals surface area contributed by atoms with Crippen LogP contribution in [0.25, 0.3) is 0 Å². The molecule has 0 aliphatic rings. The largest absolute Gasteiger partial charge is 0.465 e. The van der Waals surface area contributed by atoms with Crippen molar-refractivity contribution < 1.29 is 13.9 Å². The maximum Gasteiger partial charge on any atom is 0.315 e. The number of anilines is 1. The fourth-order valence-electron chi connectivity index (χ4n) is 1.21. The maximum atomic E-state index is 13.0. The van der Waals surface area contributed by atoms with Crippen LogP contribution in [0.4, 0.5) is 10.1 Å². The van der Waals surface area contributed by atoms with Crippen LogP contribution in [0.5, 0.6) is 0 Å². The average Bonchev–Trinajstić information content (AvgIpc) is 2.16. The van der Waals surface area contributed by atoms with E-state index in [9.17, 15) is 9.18 Å². The van der Waals surface area contributed by atoms with Gasteiger partial charge in [0.05, 0.1) is 12.4 Å². The van der Waals surface area contributed by atoms with Crippen LogP contribution >= 0.6 is 11.8 Å². The molecule has 1 rings (SSSR count). The zero-order chi connectivity index (χ0) is 12.0. The molecule has 0 unspecified atom stereocenters. The number of esters is 1. The van der Waals surface area contributed by atoms with E-state index in [-0.39, 0.29) is 17.5 Å². The Bertz CT molecular complexity index is 351. The number of thioether (sulfide) groups is 1. The van der Waals surface area contributed by atoms with Gasteiger partial charge in [0.15, 0.2) is 0 Å². The third-order valence-corrected chi connectivity index (χ3v) is 2.75. The van der Waals surface area contributed by atoms with Gasteiger partial charge < -0.3 is 10.5 Å². The Morgan fingerprint density at radius 2 is 2.25 bits per heavy atom. The van der Waals surface area contributed by atoms with E-state index < -0.39 is 0 Å². The van der Waals surface area contributed by atoms with Crippen LogP contribution < -0.4 is 5.73 Å². The third kappa shape index (κ3) is 4.53. The van der Waals surface area contributed by atoms with Gasteiger partial charge in [-0.1, -0.05) is 0 Å². The van der Waals surface area contributed by atoms with Gasteiger partial charge >= 0.3 is 5.97 Å². The maximum absolute atomic E-state index is 13.0. The second-order valence-electron chi connectivity index (χ2n) is 3.19. The number of carbonyl (C=O) groups excluding carboxylic acids is 1. The van der Waals surface area contributed by atoms with Gasteiger partial charge in [0, 0.05) is 11.4 Å². The number of halogens is 1. The molecule has 0 aromatic heterocycles. The molecule has 1 aromatic carbocycles. The molecule has 0 radical (unpaired) electrons. The molecule has 0 amide bonds. The minimum absolute atomic E-state index is 0.253. The molecule has 0 saturated carbocycles. The fourth-order valence-corrected chi connectivity index (χ4v) is 1.97. The SMILES string of the molecule is CCOC(=O)CSCc1cc(N)cc(F)c1. The van der Waals surface area contributed by atoms with Gasteiger partial charge in [0.25, 0.3) is 0 Å². The molecule has 0 heterocycles. The number of nitrogens with two attached hydrogens (primary N) is 1. The Morgan fingerprint density at radius 1 is 1.50 bits per heavy atom. The van der Waals surface area contributed by atoms with Gasteiger partial charge in [-0.25, -0.2) is 4.39 Å². The first-order valence-electron chi connectivity index (χ1n) is 4.90. The molecule has 16 heavy (non-hydrogen) atoms. The number of nitrogen functional groups attached to an aromatic ring is 1. The number of ether oxygens (including phenoxy) is 1. The molecule has 0 fully saturated rings. The molecule has 5 heteroatoms. The summed E-state index contributed by atoms with van der Waals surface area (Å²) < 4.78 is 17.7.